The van der Waals surface area contributed by atoms with Crippen LogP contribution < -0.4 is 16.9 Å². The molecule has 0 unspecified atom stereocenters. The van der Waals surface area contributed by atoms with E-state index in [4.69, 9.17) is 21.7 Å². The fraction of sp³-hybridized carbons (Fsp3) is 0.100. The van der Waals surface area contributed by atoms with Crippen LogP contribution in [-0.4, -0.2) is 44.1 Å². The number of carboxylic acid groups (broad SMARTS) is 2. The van der Waals surface area contributed by atoms with Crippen molar-refractivity contribution in [2.24, 2.45) is 5.73 Å². The Morgan fingerprint density at radius 2 is 1.70 bits per heavy atom. The average molecular weight is 413 g/mol. The lowest BCUT2D eigenvalue weighted by Gasteiger charge is -2.08. The molecule has 0 spiro atoms. The van der Waals surface area contributed by atoms with Gasteiger partial charge in [-0.05, 0) is 24.3 Å². The maximum Gasteiger partial charge on any atom is 0.352 e. The van der Waals surface area contributed by atoms with Gasteiger partial charge in [0.05, 0.1) is 5.69 Å². The van der Waals surface area contributed by atoms with E-state index in [1.54, 1.807) is 24.3 Å². The number of aromatic nitrogens is 1. The summed E-state index contributed by atoms with van der Waals surface area (Å²) in [4.78, 5) is 46.8. The first kappa shape index (κ1) is 22.1. The van der Waals surface area contributed by atoms with Gasteiger partial charge in [-0.2, -0.15) is 0 Å². The van der Waals surface area contributed by atoms with E-state index < -0.39 is 23.8 Å². The number of aromatic amines is 1. The number of carboxylic acids is 2. The number of pyridine rings is 1. The van der Waals surface area contributed by atoms with Gasteiger partial charge in [0.15, 0.2) is 11.2 Å². The number of benzene rings is 2. The van der Waals surface area contributed by atoms with E-state index in [-0.39, 0.29) is 34.5 Å². The first-order valence-electron chi connectivity index (χ1n) is 8.56. The van der Waals surface area contributed by atoms with Crippen LogP contribution in [0.25, 0.3) is 10.9 Å². The molecule has 0 bridgehead atoms. The van der Waals surface area contributed by atoms with E-state index in [2.05, 4.69) is 4.98 Å². The van der Waals surface area contributed by atoms with Gasteiger partial charge in [0.1, 0.15) is 17.5 Å². The summed E-state index contributed by atoms with van der Waals surface area (Å²) >= 11 is 0. The molecule has 30 heavy (non-hydrogen) atoms. The van der Waals surface area contributed by atoms with Crippen LogP contribution in [0.5, 0.6) is 5.75 Å². The number of hydrogen-bond donors (Lipinski definition) is 6. The highest BCUT2D eigenvalue weighted by molar-refractivity contribution is 6.03. The Morgan fingerprint density at radius 3 is 2.33 bits per heavy atom. The third-order valence-corrected chi connectivity index (χ3v) is 4.07. The second-order valence-corrected chi connectivity index (χ2v) is 6.21. The summed E-state index contributed by atoms with van der Waals surface area (Å²) < 4.78 is 0. The number of fused-ring (bicyclic) bond motifs is 1. The van der Waals surface area contributed by atoms with Gasteiger partial charge in [0, 0.05) is 29.0 Å². The maximum absolute atomic E-state index is 11.6. The van der Waals surface area contributed by atoms with Crippen LogP contribution in [-0.2, 0) is 4.79 Å². The molecule has 0 aliphatic heterocycles. The number of carbonyl (C=O) groups excluding carboxylic acids is 1. The van der Waals surface area contributed by atoms with Crippen molar-refractivity contribution in [2.45, 2.75) is 12.5 Å². The van der Waals surface area contributed by atoms with Gasteiger partial charge in [-0.15, -0.1) is 0 Å². The first-order chi connectivity index (χ1) is 14.1. The molecular weight excluding hydrogens is 394 g/mol. The molecule has 3 aromatic rings. The van der Waals surface area contributed by atoms with Gasteiger partial charge < -0.3 is 31.8 Å². The molecule has 156 valence electrons. The van der Waals surface area contributed by atoms with E-state index in [1.807, 2.05) is 0 Å². The number of hydrogen-bond acceptors (Lipinski definition) is 7. The number of aromatic hydroxyl groups is 1. The van der Waals surface area contributed by atoms with Crippen molar-refractivity contribution < 1.29 is 29.7 Å². The molecule has 2 aromatic carbocycles. The monoisotopic (exact) mass is 413 g/mol. The van der Waals surface area contributed by atoms with Crippen molar-refractivity contribution in [3.05, 3.63) is 70.0 Å². The lowest BCUT2D eigenvalue weighted by molar-refractivity contribution is -0.138. The molecular formula is C20H19N3O7. The number of para-hydroxylation sites is 2. The Kier molecular flexibility index (Phi) is 6.89. The number of nitrogens with one attached hydrogen (secondary N) is 1. The maximum atomic E-state index is 11.6. The van der Waals surface area contributed by atoms with Gasteiger partial charge in [0.2, 0.25) is 0 Å². The minimum absolute atomic E-state index is 0.0647. The molecule has 0 aliphatic rings. The number of phenolic OH excluding ortho intramolecular Hbond substituents is 1. The smallest absolute Gasteiger partial charge is 0.352 e. The molecule has 1 heterocycles. The summed E-state index contributed by atoms with van der Waals surface area (Å²) in [6.45, 7) is 0. The van der Waals surface area contributed by atoms with Gasteiger partial charge in [0.25, 0.3) is 0 Å². The van der Waals surface area contributed by atoms with Crippen molar-refractivity contribution in [1.82, 2.24) is 4.98 Å². The van der Waals surface area contributed by atoms with Crippen molar-refractivity contribution >= 4 is 34.3 Å². The molecule has 0 saturated carbocycles. The molecule has 8 N–H and O–H groups in total. The number of anilines is 1. The number of nitrogen functional groups attached to an aromatic ring is 1. The Bertz CT molecular complexity index is 1170. The lowest BCUT2D eigenvalue weighted by Crippen LogP contribution is -2.32. The van der Waals surface area contributed by atoms with Crippen molar-refractivity contribution in [2.75, 3.05) is 5.73 Å². The molecule has 10 nitrogen and oxygen atoms in total. The number of ketones is 1. The zero-order valence-electron chi connectivity index (χ0n) is 15.5. The zero-order valence-corrected chi connectivity index (χ0v) is 15.5. The second-order valence-electron chi connectivity index (χ2n) is 6.21. The summed E-state index contributed by atoms with van der Waals surface area (Å²) in [5.74, 6) is -3.11. The van der Waals surface area contributed by atoms with Crippen LogP contribution in [0.15, 0.2) is 53.3 Å². The molecule has 1 atom stereocenters. The van der Waals surface area contributed by atoms with Gasteiger partial charge >= 0.3 is 11.9 Å². The zero-order chi connectivity index (χ0) is 22.4. The minimum atomic E-state index is -1.27. The predicted octanol–water partition coefficient (Wildman–Crippen LogP) is 1.19. The van der Waals surface area contributed by atoms with Crippen molar-refractivity contribution in [3.8, 4) is 5.75 Å². The van der Waals surface area contributed by atoms with Gasteiger partial charge in [-0.1, -0.05) is 18.2 Å². The molecule has 3 rings (SSSR count). The second kappa shape index (κ2) is 9.34. The lowest BCUT2D eigenvalue weighted by atomic mass is 10.0. The number of aliphatic carboxylic acids is 1. The molecule has 0 aliphatic carbocycles. The normalized spacial score (nSPS) is 11.2. The van der Waals surface area contributed by atoms with Gasteiger partial charge in [-0.3, -0.25) is 14.4 Å². The van der Waals surface area contributed by atoms with Crippen LogP contribution in [0, 0.1) is 0 Å². The Hall–Kier alpha value is -4.18. The molecule has 0 radical (unpaired) electrons. The summed E-state index contributed by atoms with van der Waals surface area (Å²) in [5.41, 5.74) is 10.9. The molecule has 0 fully saturated rings. The predicted molar refractivity (Wildman–Crippen MR) is 109 cm³/mol. The Balaban J connectivity index is 0.000000215. The quantitative estimate of drug-likeness (QED) is 0.202. The van der Waals surface area contributed by atoms with Crippen LogP contribution in [0.1, 0.15) is 27.3 Å². The van der Waals surface area contributed by atoms with Crippen molar-refractivity contribution in [3.63, 3.8) is 0 Å². The van der Waals surface area contributed by atoms with Crippen LogP contribution in [0.4, 0.5) is 5.69 Å². The molecule has 1 aromatic heterocycles. The number of nitrogens with two attached hydrogens (primary N) is 2. The fourth-order valence-corrected chi connectivity index (χ4v) is 2.51. The highest BCUT2D eigenvalue weighted by Crippen LogP contribution is 2.24. The van der Waals surface area contributed by atoms with Crippen LogP contribution in [0.2, 0.25) is 0 Å². The summed E-state index contributed by atoms with van der Waals surface area (Å²) in [6.07, 6.45) is -0.358. The first-order valence-corrected chi connectivity index (χ1v) is 8.56. The fourth-order valence-electron chi connectivity index (χ4n) is 2.51. The average Bonchev–Trinajstić information content (AvgIpc) is 2.70. The Morgan fingerprint density at radius 1 is 1.03 bits per heavy atom. The molecule has 10 heteroatoms. The van der Waals surface area contributed by atoms with E-state index in [1.165, 1.54) is 18.2 Å². The molecule has 0 saturated heterocycles. The summed E-state index contributed by atoms with van der Waals surface area (Å²) in [6, 6.07) is 10.8. The number of carbonyl (C=O) groups is 3. The number of Topliss-reactive ketones (excluding diaryl/α,β-unsaturated/α-hetero) is 1. The van der Waals surface area contributed by atoms with Crippen LogP contribution in [0.3, 0.4) is 0 Å². The van der Waals surface area contributed by atoms with E-state index >= 15 is 0 Å². The Labute approximate surface area is 169 Å². The van der Waals surface area contributed by atoms with E-state index in [9.17, 15) is 24.3 Å². The van der Waals surface area contributed by atoms with Gasteiger partial charge in [-0.25, -0.2) is 4.79 Å². The third-order valence-electron chi connectivity index (χ3n) is 4.07. The van der Waals surface area contributed by atoms with Crippen LogP contribution >= 0.6 is 0 Å². The van der Waals surface area contributed by atoms with E-state index in [0.29, 0.717) is 10.9 Å². The van der Waals surface area contributed by atoms with Crippen molar-refractivity contribution in [1.29, 1.82) is 0 Å². The SMILES string of the molecule is Nc1c(O)cccc1C(=O)C[C@H](N)C(=O)O.O=C(O)c1cc(=O)c2ccccc2[nH]1. The van der Waals surface area contributed by atoms with E-state index in [0.717, 1.165) is 6.07 Å². The number of aromatic carboxylic acids is 1. The summed E-state index contributed by atoms with van der Waals surface area (Å²) in [7, 11) is 0. The number of rotatable bonds is 5. The standard InChI is InChI=1S/C10H12N2O4.C10H7NO3/c11-6(10(15)16)4-8(14)5-2-1-3-7(13)9(5)12;12-9-5-8(10(13)14)11-7-4-2-1-3-6(7)9/h1-3,6,13H,4,11-12H2,(H,15,16);1-5H,(H,11,12)(H,13,14)/t6-;/m0./s1. The molecule has 0 amide bonds. The largest absolute Gasteiger partial charge is 0.506 e. The summed E-state index contributed by atoms with van der Waals surface area (Å²) in [5, 5.41) is 27.0. The topological polar surface area (TPSA) is 197 Å². The minimum Gasteiger partial charge on any atom is -0.506 e. The highest BCUT2D eigenvalue weighted by Gasteiger charge is 2.19. The highest BCUT2D eigenvalue weighted by atomic mass is 16.4. The number of H-pyrrole nitrogens is 1. The third kappa shape index (κ3) is 5.20. The number of phenols is 1.